The third-order valence-corrected chi connectivity index (χ3v) is 3.19. The summed E-state index contributed by atoms with van der Waals surface area (Å²) >= 11 is 0. The Balaban J connectivity index is 3.50. The van der Waals surface area contributed by atoms with Gasteiger partial charge in [-0.3, -0.25) is 4.55 Å². The number of unbranched alkanes of at least 4 members (excludes halogenated alkanes) is 3. The van der Waals surface area contributed by atoms with Gasteiger partial charge >= 0.3 is 0 Å². The van der Waals surface area contributed by atoms with Gasteiger partial charge in [0.2, 0.25) is 0 Å². The van der Waals surface area contributed by atoms with Crippen LogP contribution in [0.5, 0.6) is 0 Å². The lowest BCUT2D eigenvalue weighted by atomic mass is 10.1. The van der Waals surface area contributed by atoms with Crippen LogP contribution in [0.2, 0.25) is 0 Å². The first kappa shape index (κ1) is 12.5. The topological polar surface area (TPSA) is 54.4 Å². The molecule has 0 aromatic rings. The molecule has 4 heteroatoms. The Hall–Kier alpha value is -0.530. The molecule has 0 spiro atoms. The molecule has 76 valence electrons. The van der Waals surface area contributed by atoms with E-state index in [1.165, 1.54) is 6.92 Å². The third-order valence-electron chi connectivity index (χ3n) is 1.94. The molecule has 0 aromatic carbocycles. The molecule has 0 aliphatic rings. The van der Waals surface area contributed by atoms with Crippen LogP contribution < -0.4 is 0 Å². The largest absolute Gasteiger partial charge is 0.285 e. The van der Waals surface area contributed by atoms with Crippen molar-refractivity contribution in [3.63, 3.8) is 0 Å². The maximum absolute atomic E-state index is 10.6. The van der Waals surface area contributed by atoms with Gasteiger partial charge in [0.25, 0.3) is 10.1 Å². The molecule has 1 atom stereocenters. The second-order valence-electron chi connectivity index (χ2n) is 3.13. The van der Waals surface area contributed by atoms with Gasteiger partial charge in [0.15, 0.2) is 0 Å². The minimum absolute atomic E-state index is 0.503. The smallest absolute Gasteiger partial charge is 0.267 e. The van der Waals surface area contributed by atoms with Crippen LogP contribution in [-0.2, 0) is 10.1 Å². The highest BCUT2D eigenvalue weighted by Gasteiger charge is 2.15. The van der Waals surface area contributed by atoms with Gasteiger partial charge < -0.3 is 0 Å². The molecule has 1 N–H and O–H groups in total. The molecule has 3 nitrogen and oxygen atoms in total. The Labute approximate surface area is 80.3 Å². The van der Waals surface area contributed by atoms with E-state index in [0.717, 1.165) is 25.7 Å². The van der Waals surface area contributed by atoms with E-state index < -0.39 is 15.4 Å². The molecule has 0 aromatic heterocycles. The Morgan fingerprint density at radius 3 is 2.46 bits per heavy atom. The van der Waals surface area contributed by atoms with Gasteiger partial charge in [-0.1, -0.05) is 12.8 Å². The van der Waals surface area contributed by atoms with Gasteiger partial charge in [-0.05, 0) is 19.8 Å². The Morgan fingerprint density at radius 1 is 1.38 bits per heavy atom. The SMILES string of the molecule is C#CCCCCCC(C)S(=O)(=O)O. The lowest BCUT2D eigenvalue weighted by Gasteiger charge is -2.06. The third kappa shape index (κ3) is 6.62. The highest BCUT2D eigenvalue weighted by Crippen LogP contribution is 2.10. The van der Waals surface area contributed by atoms with E-state index in [4.69, 9.17) is 11.0 Å². The van der Waals surface area contributed by atoms with Crippen molar-refractivity contribution in [2.75, 3.05) is 0 Å². The van der Waals surface area contributed by atoms with E-state index in [0.29, 0.717) is 6.42 Å². The molecule has 13 heavy (non-hydrogen) atoms. The number of hydrogen-bond donors (Lipinski definition) is 1. The molecule has 0 saturated heterocycles. The molecule has 0 rings (SSSR count). The Kier molecular flexibility index (Phi) is 5.76. The zero-order chi connectivity index (χ0) is 10.3. The zero-order valence-corrected chi connectivity index (χ0v) is 8.68. The Morgan fingerprint density at radius 2 is 2.00 bits per heavy atom. The normalized spacial score (nSPS) is 13.6. The highest BCUT2D eigenvalue weighted by molar-refractivity contribution is 7.86. The maximum atomic E-state index is 10.6. The molecular formula is C9H16O3S. The summed E-state index contributed by atoms with van der Waals surface area (Å²) in [7, 11) is -3.84. The summed E-state index contributed by atoms with van der Waals surface area (Å²) in [6.45, 7) is 1.51. The second-order valence-corrected chi connectivity index (χ2v) is 4.96. The summed E-state index contributed by atoms with van der Waals surface area (Å²) in [5.41, 5.74) is 0. The van der Waals surface area contributed by atoms with E-state index in [-0.39, 0.29) is 0 Å². The number of terminal acetylenes is 1. The van der Waals surface area contributed by atoms with Crippen LogP contribution in [0.25, 0.3) is 0 Å². The standard InChI is InChI=1S/C9H16O3S/c1-3-4-5-6-7-8-9(2)13(10,11)12/h1,9H,4-8H2,2H3,(H,10,11,12). The summed E-state index contributed by atoms with van der Waals surface area (Å²) in [5, 5.41) is -0.654. The minimum atomic E-state index is -3.84. The number of rotatable bonds is 6. The van der Waals surface area contributed by atoms with Crippen molar-refractivity contribution in [2.24, 2.45) is 0 Å². The van der Waals surface area contributed by atoms with Crippen molar-refractivity contribution in [3.05, 3.63) is 0 Å². The molecule has 1 unspecified atom stereocenters. The van der Waals surface area contributed by atoms with Crippen molar-refractivity contribution in [1.82, 2.24) is 0 Å². The lowest BCUT2D eigenvalue weighted by Crippen LogP contribution is -2.16. The van der Waals surface area contributed by atoms with Gasteiger partial charge in [0.1, 0.15) is 0 Å². The van der Waals surface area contributed by atoms with Crippen LogP contribution in [0, 0.1) is 12.3 Å². The molecule has 0 radical (unpaired) electrons. The Bertz CT molecular complexity index is 261. The summed E-state index contributed by atoms with van der Waals surface area (Å²) < 4.78 is 29.8. The van der Waals surface area contributed by atoms with Crippen LogP contribution >= 0.6 is 0 Å². The van der Waals surface area contributed by atoms with E-state index in [2.05, 4.69) is 5.92 Å². The summed E-state index contributed by atoms with van der Waals surface area (Å²) in [6.07, 6.45) is 8.93. The van der Waals surface area contributed by atoms with Gasteiger partial charge in [-0.25, -0.2) is 0 Å². The van der Waals surface area contributed by atoms with Crippen molar-refractivity contribution >= 4 is 10.1 Å². The molecule has 0 saturated carbocycles. The predicted octanol–water partition coefficient (Wildman–Crippen LogP) is 1.85. The van der Waals surface area contributed by atoms with Crippen LogP contribution in [-0.4, -0.2) is 18.2 Å². The van der Waals surface area contributed by atoms with Gasteiger partial charge in [0, 0.05) is 6.42 Å². The lowest BCUT2D eigenvalue weighted by molar-refractivity contribution is 0.462. The van der Waals surface area contributed by atoms with Crippen molar-refractivity contribution in [2.45, 2.75) is 44.3 Å². The average Bonchev–Trinajstić information content (AvgIpc) is 2.02. The quantitative estimate of drug-likeness (QED) is 0.408. The predicted molar refractivity (Wildman–Crippen MR) is 52.9 cm³/mol. The van der Waals surface area contributed by atoms with E-state index in [1.54, 1.807) is 0 Å². The van der Waals surface area contributed by atoms with Crippen molar-refractivity contribution in [1.29, 1.82) is 0 Å². The second kappa shape index (κ2) is 6.01. The number of hydrogen-bond acceptors (Lipinski definition) is 2. The van der Waals surface area contributed by atoms with Crippen LogP contribution in [0.3, 0.4) is 0 Å². The summed E-state index contributed by atoms with van der Waals surface area (Å²) in [4.78, 5) is 0. The maximum Gasteiger partial charge on any atom is 0.267 e. The first-order valence-electron chi connectivity index (χ1n) is 4.38. The van der Waals surface area contributed by atoms with E-state index in [1.807, 2.05) is 0 Å². The fraction of sp³-hybridized carbons (Fsp3) is 0.778. The highest BCUT2D eigenvalue weighted by atomic mass is 32.2. The van der Waals surface area contributed by atoms with E-state index in [9.17, 15) is 8.42 Å². The van der Waals surface area contributed by atoms with Crippen LogP contribution in [0.1, 0.15) is 39.0 Å². The van der Waals surface area contributed by atoms with E-state index >= 15 is 0 Å². The van der Waals surface area contributed by atoms with Gasteiger partial charge in [-0.2, -0.15) is 8.42 Å². The fourth-order valence-corrected chi connectivity index (χ4v) is 1.45. The molecule has 0 amide bonds. The molecular weight excluding hydrogens is 188 g/mol. The molecule has 0 bridgehead atoms. The van der Waals surface area contributed by atoms with Crippen molar-refractivity contribution < 1.29 is 13.0 Å². The fourth-order valence-electron chi connectivity index (χ4n) is 0.985. The summed E-state index contributed by atoms with van der Waals surface area (Å²) in [6, 6.07) is 0. The first-order valence-corrected chi connectivity index (χ1v) is 5.88. The van der Waals surface area contributed by atoms with Gasteiger partial charge in [-0.15, -0.1) is 12.3 Å². The monoisotopic (exact) mass is 204 g/mol. The molecule has 0 aliphatic carbocycles. The molecule has 0 aliphatic heterocycles. The zero-order valence-electron chi connectivity index (χ0n) is 7.86. The van der Waals surface area contributed by atoms with Crippen LogP contribution in [0.15, 0.2) is 0 Å². The van der Waals surface area contributed by atoms with Gasteiger partial charge in [0.05, 0.1) is 5.25 Å². The van der Waals surface area contributed by atoms with Crippen LogP contribution in [0.4, 0.5) is 0 Å². The molecule has 0 fully saturated rings. The minimum Gasteiger partial charge on any atom is -0.285 e. The first-order chi connectivity index (χ1) is 5.98. The summed E-state index contributed by atoms with van der Waals surface area (Å²) in [5.74, 6) is 2.52. The average molecular weight is 204 g/mol. The van der Waals surface area contributed by atoms with Crippen molar-refractivity contribution in [3.8, 4) is 12.3 Å². The molecule has 0 heterocycles.